The first-order chi connectivity index (χ1) is 8.09. The standard InChI is InChI=1S/C14H16N2O/c1-9-3-5-11(6-4-9)13(17)12-10(2)7-8-16-14(12)15/h3-8,13,17H,1-2H3,(H2,15,16). The first-order valence-electron chi connectivity index (χ1n) is 5.55. The summed E-state index contributed by atoms with van der Waals surface area (Å²) in [5, 5.41) is 10.3. The number of nitrogens with zero attached hydrogens (tertiary/aromatic N) is 1. The van der Waals surface area contributed by atoms with Gasteiger partial charge in [0.2, 0.25) is 0 Å². The van der Waals surface area contributed by atoms with Crippen molar-refractivity contribution < 1.29 is 5.11 Å². The number of anilines is 1. The summed E-state index contributed by atoms with van der Waals surface area (Å²) in [5.74, 6) is 0.387. The molecule has 0 aliphatic carbocycles. The zero-order chi connectivity index (χ0) is 12.4. The number of aliphatic hydroxyl groups is 1. The molecule has 0 spiro atoms. The van der Waals surface area contributed by atoms with Gasteiger partial charge in [-0.25, -0.2) is 4.98 Å². The fourth-order valence-electron chi connectivity index (χ4n) is 1.86. The van der Waals surface area contributed by atoms with E-state index in [2.05, 4.69) is 4.98 Å². The molecule has 0 saturated carbocycles. The molecule has 1 heterocycles. The molecule has 1 unspecified atom stereocenters. The molecule has 1 aromatic heterocycles. The molecule has 1 aromatic carbocycles. The Kier molecular flexibility index (Phi) is 3.11. The monoisotopic (exact) mass is 228 g/mol. The molecule has 1 atom stereocenters. The van der Waals surface area contributed by atoms with Gasteiger partial charge in [0.1, 0.15) is 11.9 Å². The molecule has 0 saturated heterocycles. The topological polar surface area (TPSA) is 59.1 Å². The van der Waals surface area contributed by atoms with Gasteiger partial charge in [0.25, 0.3) is 0 Å². The number of rotatable bonds is 2. The number of nitrogens with two attached hydrogens (primary N) is 1. The average Bonchev–Trinajstić information content (AvgIpc) is 2.29. The van der Waals surface area contributed by atoms with Gasteiger partial charge in [-0.3, -0.25) is 0 Å². The van der Waals surface area contributed by atoms with Crippen molar-refractivity contribution in [3.8, 4) is 0 Å². The van der Waals surface area contributed by atoms with Crippen LogP contribution in [0.25, 0.3) is 0 Å². The summed E-state index contributed by atoms with van der Waals surface area (Å²) in [5.41, 5.74) is 9.45. The van der Waals surface area contributed by atoms with Crippen molar-refractivity contribution in [3.05, 3.63) is 58.8 Å². The summed E-state index contributed by atoms with van der Waals surface area (Å²) in [6, 6.07) is 9.61. The lowest BCUT2D eigenvalue weighted by Crippen LogP contribution is -2.07. The summed E-state index contributed by atoms with van der Waals surface area (Å²) in [6.07, 6.45) is 0.931. The van der Waals surface area contributed by atoms with Crippen LogP contribution in [0.3, 0.4) is 0 Å². The smallest absolute Gasteiger partial charge is 0.129 e. The van der Waals surface area contributed by atoms with Crippen molar-refractivity contribution in [1.82, 2.24) is 4.98 Å². The molecular formula is C14H16N2O. The Morgan fingerprint density at radius 3 is 2.35 bits per heavy atom. The Labute approximate surface area is 101 Å². The minimum atomic E-state index is -0.718. The number of benzene rings is 1. The SMILES string of the molecule is Cc1ccc(C(O)c2c(C)ccnc2N)cc1. The summed E-state index contributed by atoms with van der Waals surface area (Å²) in [4.78, 5) is 4.02. The van der Waals surface area contributed by atoms with Crippen molar-refractivity contribution >= 4 is 5.82 Å². The van der Waals surface area contributed by atoms with Gasteiger partial charge in [-0.1, -0.05) is 29.8 Å². The van der Waals surface area contributed by atoms with E-state index in [1.54, 1.807) is 6.20 Å². The zero-order valence-corrected chi connectivity index (χ0v) is 10.0. The van der Waals surface area contributed by atoms with Gasteiger partial charge in [-0.2, -0.15) is 0 Å². The van der Waals surface area contributed by atoms with Crippen LogP contribution in [0.15, 0.2) is 36.5 Å². The van der Waals surface area contributed by atoms with Crippen LogP contribution >= 0.6 is 0 Å². The molecular weight excluding hydrogens is 212 g/mol. The first-order valence-corrected chi connectivity index (χ1v) is 5.55. The van der Waals surface area contributed by atoms with Crippen LogP contribution in [0.2, 0.25) is 0 Å². The molecule has 0 radical (unpaired) electrons. The summed E-state index contributed by atoms with van der Waals surface area (Å²) in [7, 11) is 0. The summed E-state index contributed by atoms with van der Waals surface area (Å²) < 4.78 is 0. The van der Waals surface area contributed by atoms with Gasteiger partial charge in [0, 0.05) is 11.8 Å². The Hall–Kier alpha value is -1.87. The molecule has 3 nitrogen and oxygen atoms in total. The lowest BCUT2D eigenvalue weighted by atomic mass is 9.98. The van der Waals surface area contributed by atoms with E-state index in [4.69, 9.17) is 5.73 Å². The van der Waals surface area contributed by atoms with E-state index in [0.717, 1.165) is 16.7 Å². The maximum absolute atomic E-state index is 10.3. The molecule has 2 rings (SSSR count). The molecule has 2 aromatic rings. The number of hydrogen-bond acceptors (Lipinski definition) is 3. The number of aliphatic hydroxyl groups excluding tert-OH is 1. The lowest BCUT2D eigenvalue weighted by molar-refractivity contribution is 0.220. The van der Waals surface area contributed by atoms with E-state index in [-0.39, 0.29) is 0 Å². The fourth-order valence-corrected chi connectivity index (χ4v) is 1.86. The molecule has 3 heteroatoms. The molecule has 0 aliphatic heterocycles. The number of aryl methyl sites for hydroxylation is 2. The van der Waals surface area contributed by atoms with Crippen LogP contribution in [0, 0.1) is 13.8 Å². The Bertz CT molecular complexity index is 500. The van der Waals surface area contributed by atoms with Gasteiger partial charge < -0.3 is 10.8 Å². The van der Waals surface area contributed by atoms with E-state index < -0.39 is 6.10 Å². The van der Waals surface area contributed by atoms with Crippen molar-refractivity contribution in [2.75, 3.05) is 5.73 Å². The van der Waals surface area contributed by atoms with E-state index in [1.165, 1.54) is 0 Å². The number of nitrogen functional groups attached to an aromatic ring is 1. The number of aromatic nitrogens is 1. The second kappa shape index (κ2) is 4.55. The van der Waals surface area contributed by atoms with E-state index in [1.807, 2.05) is 44.2 Å². The highest BCUT2D eigenvalue weighted by molar-refractivity contribution is 5.48. The van der Waals surface area contributed by atoms with E-state index in [0.29, 0.717) is 11.4 Å². The minimum Gasteiger partial charge on any atom is -0.384 e. The van der Waals surface area contributed by atoms with Crippen LogP contribution in [0.1, 0.15) is 28.4 Å². The van der Waals surface area contributed by atoms with E-state index >= 15 is 0 Å². The third-order valence-corrected chi connectivity index (χ3v) is 2.91. The maximum atomic E-state index is 10.3. The number of hydrogen-bond donors (Lipinski definition) is 2. The summed E-state index contributed by atoms with van der Waals surface area (Å²) >= 11 is 0. The van der Waals surface area contributed by atoms with Crippen LogP contribution in [-0.4, -0.2) is 10.1 Å². The highest BCUT2D eigenvalue weighted by Crippen LogP contribution is 2.28. The Balaban J connectivity index is 2.43. The van der Waals surface area contributed by atoms with Gasteiger partial charge in [0.05, 0.1) is 0 Å². The van der Waals surface area contributed by atoms with Gasteiger partial charge in [0.15, 0.2) is 0 Å². The van der Waals surface area contributed by atoms with Crippen LogP contribution in [0.4, 0.5) is 5.82 Å². The van der Waals surface area contributed by atoms with Crippen molar-refractivity contribution in [2.24, 2.45) is 0 Å². The molecule has 0 amide bonds. The molecule has 0 fully saturated rings. The fraction of sp³-hybridized carbons (Fsp3) is 0.214. The molecule has 0 bridgehead atoms. The normalized spacial score (nSPS) is 12.4. The van der Waals surface area contributed by atoms with Gasteiger partial charge in [-0.05, 0) is 31.0 Å². The predicted octanol–water partition coefficient (Wildman–Crippen LogP) is 2.36. The summed E-state index contributed by atoms with van der Waals surface area (Å²) in [6.45, 7) is 3.94. The molecule has 88 valence electrons. The maximum Gasteiger partial charge on any atom is 0.129 e. The highest BCUT2D eigenvalue weighted by Gasteiger charge is 2.16. The van der Waals surface area contributed by atoms with Crippen LogP contribution < -0.4 is 5.73 Å². The third-order valence-electron chi connectivity index (χ3n) is 2.91. The quantitative estimate of drug-likeness (QED) is 0.829. The molecule has 3 N–H and O–H groups in total. The first kappa shape index (κ1) is 11.6. The minimum absolute atomic E-state index is 0.387. The molecule has 0 aliphatic rings. The number of pyridine rings is 1. The Morgan fingerprint density at radius 2 is 1.76 bits per heavy atom. The highest BCUT2D eigenvalue weighted by atomic mass is 16.3. The van der Waals surface area contributed by atoms with E-state index in [9.17, 15) is 5.11 Å². The van der Waals surface area contributed by atoms with Gasteiger partial charge in [-0.15, -0.1) is 0 Å². The van der Waals surface area contributed by atoms with Crippen molar-refractivity contribution in [1.29, 1.82) is 0 Å². The van der Waals surface area contributed by atoms with Gasteiger partial charge >= 0.3 is 0 Å². The molecule has 17 heavy (non-hydrogen) atoms. The second-order valence-electron chi connectivity index (χ2n) is 4.24. The second-order valence-corrected chi connectivity index (χ2v) is 4.24. The largest absolute Gasteiger partial charge is 0.384 e. The average molecular weight is 228 g/mol. The zero-order valence-electron chi connectivity index (χ0n) is 10.0. The predicted molar refractivity (Wildman–Crippen MR) is 68.6 cm³/mol. The van der Waals surface area contributed by atoms with Crippen LogP contribution in [-0.2, 0) is 0 Å². The Morgan fingerprint density at radius 1 is 1.12 bits per heavy atom. The van der Waals surface area contributed by atoms with Crippen molar-refractivity contribution in [2.45, 2.75) is 20.0 Å². The lowest BCUT2D eigenvalue weighted by Gasteiger charge is -2.15. The third kappa shape index (κ3) is 2.29. The van der Waals surface area contributed by atoms with Crippen LogP contribution in [0.5, 0.6) is 0 Å². The van der Waals surface area contributed by atoms with Crippen molar-refractivity contribution in [3.63, 3.8) is 0 Å².